The Bertz CT molecular complexity index is 74.6. The SMILES string of the molecule is C#CC[C@@H](F)CN. The fourth-order valence-electron chi connectivity index (χ4n) is 0.211. The van der Waals surface area contributed by atoms with Crippen molar-refractivity contribution in [3.8, 4) is 12.3 Å². The highest BCUT2D eigenvalue weighted by Gasteiger charge is 1.96. The van der Waals surface area contributed by atoms with Crippen LogP contribution in [0.15, 0.2) is 0 Å². The van der Waals surface area contributed by atoms with Gasteiger partial charge in [-0.05, 0) is 0 Å². The zero-order chi connectivity index (χ0) is 5.70. The van der Waals surface area contributed by atoms with Crippen molar-refractivity contribution >= 4 is 0 Å². The third kappa shape index (κ3) is 3.28. The molecule has 0 spiro atoms. The highest BCUT2D eigenvalue weighted by molar-refractivity contribution is 4.86. The molecular formula is C5H8FN. The molecule has 0 aliphatic heterocycles. The fraction of sp³-hybridized carbons (Fsp3) is 0.600. The molecule has 0 amide bonds. The average Bonchev–Trinajstić information content (AvgIpc) is 1.68. The molecule has 0 saturated heterocycles. The van der Waals surface area contributed by atoms with Gasteiger partial charge in [-0.25, -0.2) is 4.39 Å². The van der Waals surface area contributed by atoms with Crippen LogP contribution in [0.3, 0.4) is 0 Å². The van der Waals surface area contributed by atoms with Gasteiger partial charge in [-0.3, -0.25) is 0 Å². The lowest BCUT2D eigenvalue weighted by Crippen LogP contribution is -2.13. The van der Waals surface area contributed by atoms with Crippen molar-refractivity contribution in [3.63, 3.8) is 0 Å². The first kappa shape index (κ1) is 6.45. The average molecular weight is 101 g/mol. The van der Waals surface area contributed by atoms with Crippen LogP contribution in [-0.4, -0.2) is 12.7 Å². The van der Waals surface area contributed by atoms with E-state index in [0.29, 0.717) is 0 Å². The molecule has 0 aromatic rings. The van der Waals surface area contributed by atoms with Crippen molar-refractivity contribution in [2.75, 3.05) is 6.54 Å². The maximum atomic E-state index is 11.9. The number of alkyl halides is 1. The molecular weight excluding hydrogens is 93.1 g/mol. The predicted molar refractivity (Wildman–Crippen MR) is 27.4 cm³/mol. The van der Waals surface area contributed by atoms with Crippen LogP contribution in [0.25, 0.3) is 0 Å². The maximum Gasteiger partial charge on any atom is 0.123 e. The number of hydrogen-bond donors (Lipinski definition) is 1. The van der Waals surface area contributed by atoms with Gasteiger partial charge in [0.25, 0.3) is 0 Å². The molecule has 0 bridgehead atoms. The van der Waals surface area contributed by atoms with Crippen LogP contribution < -0.4 is 5.73 Å². The molecule has 1 atom stereocenters. The molecule has 0 aromatic carbocycles. The van der Waals surface area contributed by atoms with Gasteiger partial charge in [0.2, 0.25) is 0 Å². The summed E-state index contributed by atoms with van der Waals surface area (Å²) in [7, 11) is 0. The number of hydrogen-bond acceptors (Lipinski definition) is 1. The summed E-state index contributed by atoms with van der Waals surface area (Å²) < 4.78 is 11.9. The third-order valence-corrected chi connectivity index (χ3v) is 0.595. The van der Waals surface area contributed by atoms with Gasteiger partial charge in [0.1, 0.15) is 6.17 Å². The molecule has 0 unspecified atom stereocenters. The minimum atomic E-state index is -1.01. The largest absolute Gasteiger partial charge is 0.328 e. The van der Waals surface area contributed by atoms with Crippen molar-refractivity contribution in [1.29, 1.82) is 0 Å². The zero-order valence-corrected chi connectivity index (χ0v) is 4.02. The van der Waals surface area contributed by atoms with Gasteiger partial charge in [0.05, 0.1) is 0 Å². The molecule has 0 fully saturated rings. The highest BCUT2D eigenvalue weighted by atomic mass is 19.1. The molecule has 0 aliphatic rings. The van der Waals surface area contributed by atoms with Gasteiger partial charge < -0.3 is 5.73 Å². The summed E-state index contributed by atoms with van der Waals surface area (Å²) in [4.78, 5) is 0. The van der Waals surface area contributed by atoms with Crippen LogP contribution in [0.1, 0.15) is 6.42 Å². The van der Waals surface area contributed by atoms with Crippen LogP contribution in [0.5, 0.6) is 0 Å². The van der Waals surface area contributed by atoms with E-state index in [4.69, 9.17) is 12.2 Å². The molecule has 0 aliphatic carbocycles. The predicted octanol–water partition coefficient (Wildman–Crippen LogP) is 0.307. The molecule has 2 heteroatoms. The quantitative estimate of drug-likeness (QED) is 0.497. The Morgan fingerprint density at radius 3 is 2.57 bits per heavy atom. The van der Waals surface area contributed by atoms with Crippen molar-refractivity contribution in [1.82, 2.24) is 0 Å². The molecule has 1 nitrogen and oxygen atoms in total. The number of terminal acetylenes is 1. The molecule has 40 valence electrons. The smallest absolute Gasteiger partial charge is 0.123 e. The lowest BCUT2D eigenvalue weighted by Gasteiger charge is -1.94. The molecule has 0 radical (unpaired) electrons. The standard InChI is InChI=1S/C5H8FN/c1-2-3-5(6)4-7/h1,5H,3-4,7H2/t5-/m1/s1. The minimum absolute atomic E-state index is 0.0319. The molecule has 0 rings (SSSR count). The van der Waals surface area contributed by atoms with E-state index >= 15 is 0 Å². The first-order valence-electron chi connectivity index (χ1n) is 2.09. The van der Waals surface area contributed by atoms with Gasteiger partial charge in [0.15, 0.2) is 0 Å². The van der Waals surface area contributed by atoms with Crippen molar-refractivity contribution in [3.05, 3.63) is 0 Å². The Morgan fingerprint density at radius 2 is 2.43 bits per heavy atom. The van der Waals surface area contributed by atoms with Crippen LogP contribution in [0, 0.1) is 12.3 Å². The minimum Gasteiger partial charge on any atom is -0.328 e. The van der Waals surface area contributed by atoms with Crippen LogP contribution in [0.2, 0.25) is 0 Å². The number of halogens is 1. The highest BCUT2D eigenvalue weighted by Crippen LogP contribution is 1.90. The van der Waals surface area contributed by atoms with Gasteiger partial charge in [-0.15, -0.1) is 12.3 Å². The summed E-state index contributed by atoms with van der Waals surface area (Å²) in [6.07, 6.45) is 3.89. The summed E-state index contributed by atoms with van der Waals surface area (Å²) in [6, 6.07) is 0. The Balaban J connectivity index is 3.03. The first-order chi connectivity index (χ1) is 3.31. The van der Waals surface area contributed by atoms with Gasteiger partial charge in [-0.2, -0.15) is 0 Å². The van der Waals surface area contributed by atoms with E-state index in [1.54, 1.807) is 0 Å². The molecule has 0 aromatic heterocycles. The molecule has 7 heavy (non-hydrogen) atoms. The van der Waals surface area contributed by atoms with E-state index in [2.05, 4.69) is 5.92 Å². The van der Waals surface area contributed by atoms with E-state index < -0.39 is 6.17 Å². The summed E-state index contributed by atoms with van der Waals surface area (Å²) in [5, 5.41) is 0. The van der Waals surface area contributed by atoms with Crippen molar-refractivity contribution in [2.24, 2.45) is 5.73 Å². The van der Waals surface area contributed by atoms with E-state index in [0.717, 1.165) is 0 Å². The molecule has 2 N–H and O–H groups in total. The van der Waals surface area contributed by atoms with E-state index in [9.17, 15) is 4.39 Å². The van der Waals surface area contributed by atoms with Gasteiger partial charge >= 0.3 is 0 Å². The Morgan fingerprint density at radius 1 is 1.86 bits per heavy atom. The Hall–Kier alpha value is -0.550. The second kappa shape index (κ2) is 3.63. The van der Waals surface area contributed by atoms with Crippen LogP contribution >= 0.6 is 0 Å². The summed E-state index contributed by atoms with van der Waals surface area (Å²) in [6.45, 7) is 0.0319. The van der Waals surface area contributed by atoms with Crippen molar-refractivity contribution in [2.45, 2.75) is 12.6 Å². The first-order valence-corrected chi connectivity index (χ1v) is 2.09. The van der Waals surface area contributed by atoms with Crippen molar-refractivity contribution < 1.29 is 4.39 Å². The number of rotatable bonds is 2. The normalized spacial score (nSPS) is 12.7. The van der Waals surface area contributed by atoms with Gasteiger partial charge in [-0.1, -0.05) is 0 Å². The topological polar surface area (TPSA) is 26.0 Å². The zero-order valence-electron chi connectivity index (χ0n) is 4.02. The van der Waals surface area contributed by atoms with Crippen LogP contribution in [0.4, 0.5) is 4.39 Å². The summed E-state index contributed by atoms with van der Waals surface area (Å²) >= 11 is 0. The molecule has 0 heterocycles. The lowest BCUT2D eigenvalue weighted by molar-refractivity contribution is 0.349. The Labute approximate surface area is 42.7 Å². The van der Waals surface area contributed by atoms with E-state index in [1.807, 2.05) is 0 Å². The van der Waals surface area contributed by atoms with E-state index in [1.165, 1.54) is 0 Å². The lowest BCUT2D eigenvalue weighted by atomic mass is 10.3. The maximum absolute atomic E-state index is 11.9. The molecule has 0 saturated carbocycles. The fourth-order valence-corrected chi connectivity index (χ4v) is 0.211. The summed E-state index contributed by atoms with van der Waals surface area (Å²) in [5.41, 5.74) is 4.89. The number of nitrogens with two attached hydrogens (primary N) is 1. The second-order valence-corrected chi connectivity index (χ2v) is 1.24. The van der Waals surface area contributed by atoms with E-state index in [-0.39, 0.29) is 13.0 Å². The van der Waals surface area contributed by atoms with Gasteiger partial charge in [0, 0.05) is 13.0 Å². The monoisotopic (exact) mass is 101 g/mol. The Kier molecular flexibility index (Phi) is 3.35. The van der Waals surface area contributed by atoms with Crippen LogP contribution in [-0.2, 0) is 0 Å². The third-order valence-electron chi connectivity index (χ3n) is 0.595. The second-order valence-electron chi connectivity index (χ2n) is 1.24. The summed E-state index contributed by atoms with van der Waals surface area (Å²) in [5.74, 6) is 2.16.